The van der Waals surface area contributed by atoms with Gasteiger partial charge in [0.1, 0.15) is 30.2 Å². The molecule has 0 aliphatic carbocycles. The van der Waals surface area contributed by atoms with Gasteiger partial charge >= 0.3 is 0 Å². The lowest BCUT2D eigenvalue weighted by atomic mass is 9.82. The number of ether oxygens (including phenoxy) is 3. The van der Waals surface area contributed by atoms with E-state index in [0.29, 0.717) is 40.0 Å². The topological polar surface area (TPSA) is 87.8 Å². The number of methoxy groups -OCH3 is 1. The second-order valence-electron chi connectivity index (χ2n) is 7.70. The van der Waals surface area contributed by atoms with Crippen molar-refractivity contribution < 1.29 is 19.0 Å². The molecule has 0 unspecified atom stereocenters. The van der Waals surface area contributed by atoms with Gasteiger partial charge < -0.3 is 14.2 Å². The fourth-order valence-electron chi connectivity index (χ4n) is 4.10. The van der Waals surface area contributed by atoms with Crippen LogP contribution < -0.4 is 14.2 Å². The molecule has 4 aromatic rings. The Hall–Kier alpha value is -4.20. The molecule has 0 saturated heterocycles. The smallest absolute Gasteiger partial charge is 0.228 e. The third-order valence-electron chi connectivity index (χ3n) is 5.58. The molecule has 3 heterocycles. The van der Waals surface area contributed by atoms with E-state index < -0.39 is 0 Å². The van der Waals surface area contributed by atoms with Crippen LogP contribution in [0.2, 0.25) is 0 Å². The van der Waals surface area contributed by atoms with Gasteiger partial charge in [-0.15, -0.1) is 5.10 Å². The summed E-state index contributed by atoms with van der Waals surface area (Å²) in [7, 11) is 1.62. The minimum Gasteiger partial charge on any atom is -0.497 e. The highest BCUT2D eigenvalue weighted by Gasteiger charge is 2.35. The molecule has 33 heavy (non-hydrogen) atoms. The van der Waals surface area contributed by atoms with Gasteiger partial charge in [-0.2, -0.15) is 0 Å². The van der Waals surface area contributed by atoms with Crippen LogP contribution in [-0.2, 0) is 11.4 Å². The van der Waals surface area contributed by atoms with Gasteiger partial charge in [-0.1, -0.05) is 30.3 Å². The number of ketones is 1. The van der Waals surface area contributed by atoms with Gasteiger partial charge in [-0.3, -0.25) is 4.79 Å². The average Bonchev–Trinajstić information content (AvgIpc) is 3.26. The maximum absolute atomic E-state index is 12.6. The van der Waals surface area contributed by atoms with E-state index in [1.807, 2.05) is 54.6 Å². The molecule has 1 aliphatic heterocycles. The maximum Gasteiger partial charge on any atom is 0.228 e. The molecule has 8 nitrogen and oxygen atoms in total. The lowest BCUT2D eigenvalue weighted by Gasteiger charge is -2.28. The van der Waals surface area contributed by atoms with Gasteiger partial charge in [0.2, 0.25) is 5.88 Å². The van der Waals surface area contributed by atoms with Crippen molar-refractivity contribution in [3.63, 3.8) is 0 Å². The zero-order chi connectivity index (χ0) is 22.9. The van der Waals surface area contributed by atoms with Gasteiger partial charge in [0.25, 0.3) is 0 Å². The van der Waals surface area contributed by atoms with Crippen molar-refractivity contribution in [2.45, 2.75) is 26.4 Å². The van der Waals surface area contributed by atoms with Crippen molar-refractivity contribution >= 4 is 11.4 Å². The molecule has 0 amide bonds. The van der Waals surface area contributed by atoms with Crippen molar-refractivity contribution in [2.75, 3.05) is 7.11 Å². The van der Waals surface area contributed by atoms with Crippen LogP contribution in [0.1, 0.15) is 36.7 Å². The number of fused-ring (bicyclic) bond motifs is 3. The lowest BCUT2D eigenvalue weighted by molar-refractivity contribution is -0.114. The molecule has 0 N–H and O–H groups in total. The van der Waals surface area contributed by atoms with Crippen LogP contribution in [0.4, 0.5) is 0 Å². The van der Waals surface area contributed by atoms with Crippen molar-refractivity contribution in [1.29, 1.82) is 0 Å². The second kappa shape index (κ2) is 8.38. The molecule has 0 saturated carbocycles. The van der Waals surface area contributed by atoms with Gasteiger partial charge in [0.15, 0.2) is 17.3 Å². The molecular formula is C25H22N4O4. The van der Waals surface area contributed by atoms with Crippen LogP contribution in [0.25, 0.3) is 5.65 Å². The van der Waals surface area contributed by atoms with E-state index in [-0.39, 0.29) is 18.3 Å². The number of hydrogen-bond donors (Lipinski definition) is 0. The summed E-state index contributed by atoms with van der Waals surface area (Å²) in [5.74, 6) is 2.47. The van der Waals surface area contributed by atoms with Crippen LogP contribution in [0.15, 0.2) is 72.3 Å². The highest BCUT2D eigenvalue weighted by molar-refractivity contribution is 5.97. The zero-order valence-electron chi connectivity index (χ0n) is 18.5. The van der Waals surface area contributed by atoms with E-state index in [9.17, 15) is 4.79 Å². The minimum absolute atomic E-state index is 0.0587. The van der Waals surface area contributed by atoms with E-state index in [0.717, 1.165) is 11.3 Å². The van der Waals surface area contributed by atoms with Gasteiger partial charge in [0.05, 0.1) is 12.7 Å². The largest absolute Gasteiger partial charge is 0.497 e. The molecule has 0 spiro atoms. The minimum atomic E-state index is -0.358. The summed E-state index contributed by atoms with van der Waals surface area (Å²) in [6, 6.07) is 17.1. The Kier molecular flexibility index (Phi) is 5.26. The number of benzene rings is 2. The first kappa shape index (κ1) is 20.7. The van der Waals surface area contributed by atoms with Crippen molar-refractivity contribution in [3.05, 3.63) is 89.2 Å². The Morgan fingerprint density at radius 3 is 2.52 bits per heavy atom. The van der Waals surface area contributed by atoms with Crippen LogP contribution in [0.5, 0.6) is 17.4 Å². The third-order valence-corrected chi connectivity index (χ3v) is 5.58. The monoisotopic (exact) mass is 442 g/mol. The van der Waals surface area contributed by atoms with Crippen LogP contribution in [0, 0.1) is 0 Å². The zero-order valence-corrected chi connectivity index (χ0v) is 18.5. The molecule has 0 bridgehead atoms. The van der Waals surface area contributed by atoms with Crippen LogP contribution in [-0.4, -0.2) is 32.5 Å². The average molecular weight is 442 g/mol. The second-order valence-corrected chi connectivity index (χ2v) is 7.70. The third kappa shape index (κ3) is 3.80. The molecule has 2 aromatic carbocycles. The number of aromatic nitrogens is 4. The number of carbonyl (C=O) groups excluding carboxylic acids is 1. The summed E-state index contributed by atoms with van der Waals surface area (Å²) in [5, 5.41) is 4.52. The van der Waals surface area contributed by atoms with Crippen molar-refractivity contribution in [1.82, 2.24) is 19.6 Å². The van der Waals surface area contributed by atoms with E-state index in [2.05, 4.69) is 10.1 Å². The van der Waals surface area contributed by atoms with Crippen molar-refractivity contribution in [2.24, 2.45) is 0 Å². The van der Waals surface area contributed by atoms with Gasteiger partial charge in [0, 0.05) is 11.5 Å². The first-order chi connectivity index (χ1) is 16.0. The summed E-state index contributed by atoms with van der Waals surface area (Å²) in [6.45, 7) is 3.52. The molecular weight excluding hydrogens is 420 g/mol. The fraction of sp³-hybridized carbons (Fsp3) is 0.200. The Morgan fingerprint density at radius 2 is 1.82 bits per heavy atom. The predicted molar refractivity (Wildman–Crippen MR) is 120 cm³/mol. The standard InChI is InChI=1S/C25H22N4O4/c1-15(30)21-16(2)33-25-23(22(21)17-7-5-4-6-8-17)24-27-20(28-29(24)14-26-25)13-32-19-11-9-18(31-3)10-12-19/h4-12,14,22H,13H2,1-3H3/t22-/m1/s1. The van der Waals surface area contributed by atoms with Crippen molar-refractivity contribution in [3.8, 4) is 17.4 Å². The SMILES string of the molecule is COc1ccc(OCc2nc3c4c(ncn3n2)OC(C)=C(C(C)=O)[C@H]4c2ccccc2)cc1. The summed E-state index contributed by atoms with van der Waals surface area (Å²) in [6.07, 6.45) is 1.56. The highest BCUT2D eigenvalue weighted by atomic mass is 16.5. The lowest BCUT2D eigenvalue weighted by Crippen LogP contribution is -2.22. The Bertz CT molecular complexity index is 1360. The van der Waals surface area contributed by atoms with Crippen LogP contribution in [0.3, 0.4) is 0 Å². The summed E-state index contributed by atoms with van der Waals surface area (Å²) in [4.78, 5) is 21.8. The first-order valence-corrected chi connectivity index (χ1v) is 10.5. The Balaban J connectivity index is 1.55. The van der Waals surface area contributed by atoms with Gasteiger partial charge in [-0.05, 0) is 43.7 Å². The predicted octanol–water partition coefficient (Wildman–Crippen LogP) is 4.10. The van der Waals surface area contributed by atoms with Crippen LogP contribution >= 0.6 is 0 Å². The highest BCUT2D eigenvalue weighted by Crippen LogP contribution is 2.44. The molecule has 2 aromatic heterocycles. The number of rotatable bonds is 6. The van der Waals surface area contributed by atoms with E-state index in [4.69, 9.17) is 19.2 Å². The fourth-order valence-corrected chi connectivity index (χ4v) is 4.10. The molecule has 1 aliphatic rings. The molecule has 0 fully saturated rings. The number of nitrogens with zero attached hydrogens (tertiary/aromatic N) is 4. The summed E-state index contributed by atoms with van der Waals surface area (Å²) >= 11 is 0. The number of hydrogen-bond acceptors (Lipinski definition) is 7. The van der Waals surface area contributed by atoms with E-state index >= 15 is 0 Å². The Labute approximate surface area is 190 Å². The summed E-state index contributed by atoms with van der Waals surface area (Å²) < 4.78 is 18.6. The maximum atomic E-state index is 12.6. The normalized spacial score (nSPS) is 15.2. The molecule has 0 radical (unpaired) electrons. The molecule has 5 rings (SSSR count). The number of Topliss-reactive ketones (excluding diaryl/α,β-unsaturated/α-hetero) is 1. The molecule has 1 atom stereocenters. The summed E-state index contributed by atoms with van der Waals surface area (Å²) in [5.41, 5.74) is 2.83. The first-order valence-electron chi connectivity index (χ1n) is 10.5. The van der Waals surface area contributed by atoms with E-state index in [1.54, 1.807) is 31.8 Å². The quantitative estimate of drug-likeness (QED) is 0.444. The molecule has 166 valence electrons. The Morgan fingerprint density at radius 1 is 1.09 bits per heavy atom. The number of allylic oxidation sites excluding steroid dienone is 2. The van der Waals surface area contributed by atoms with Gasteiger partial charge in [-0.25, -0.2) is 14.5 Å². The van der Waals surface area contributed by atoms with E-state index in [1.165, 1.54) is 0 Å². The molecule has 8 heteroatoms. The number of carbonyl (C=O) groups is 1.